The van der Waals surface area contributed by atoms with Crippen molar-refractivity contribution < 1.29 is 24.1 Å². The van der Waals surface area contributed by atoms with Crippen molar-refractivity contribution in [3.05, 3.63) is 59.4 Å². The summed E-state index contributed by atoms with van der Waals surface area (Å²) in [6, 6.07) is 11.5. The van der Waals surface area contributed by atoms with E-state index in [1.165, 1.54) is 12.1 Å². The molecule has 0 aliphatic carbocycles. The first kappa shape index (κ1) is 19.2. The number of piperidine rings is 1. The molecule has 0 bridgehead atoms. The minimum atomic E-state index is -0.652. The number of likely N-dealkylation sites (tertiary alicyclic amines) is 1. The van der Waals surface area contributed by atoms with Gasteiger partial charge in [0.05, 0.1) is 19.3 Å². The van der Waals surface area contributed by atoms with Gasteiger partial charge in [-0.3, -0.25) is 0 Å². The molecular formula is C22H26FNO4. The first-order valence-electron chi connectivity index (χ1n) is 9.69. The summed E-state index contributed by atoms with van der Waals surface area (Å²) in [5.74, 6) is 1.13. The molecule has 2 aliphatic heterocycles. The fourth-order valence-electron chi connectivity index (χ4n) is 4.23. The van der Waals surface area contributed by atoms with Crippen LogP contribution in [0.1, 0.15) is 42.6 Å². The number of fused-ring (bicyclic) bond motifs is 1. The number of rotatable bonds is 4. The van der Waals surface area contributed by atoms with Crippen LogP contribution in [0.25, 0.3) is 0 Å². The van der Waals surface area contributed by atoms with Crippen LogP contribution in [0.2, 0.25) is 0 Å². The number of hydrogen-bond acceptors (Lipinski definition) is 5. The third kappa shape index (κ3) is 3.85. The molecule has 5 nitrogen and oxygen atoms in total. The highest BCUT2D eigenvalue weighted by Gasteiger charge is 2.43. The average molecular weight is 387 g/mol. The zero-order valence-corrected chi connectivity index (χ0v) is 16.0. The second kappa shape index (κ2) is 7.70. The van der Waals surface area contributed by atoms with Crippen LogP contribution in [-0.4, -0.2) is 47.5 Å². The lowest BCUT2D eigenvalue weighted by Gasteiger charge is -2.46. The Morgan fingerprint density at radius 3 is 2.61 bits per heavy atom. The van der Waals surface area contributed by atoms with E-state index in [4.69, 9.17) is 9.47 Å². The lowest BCUT2D eigenvalue weighted by Crippen LogP contribution is -2.51. The van der Waals surface area contributed by atoms with Crippen LogP contribution < -0.4 is 9.47 Å². The van der Waals surface area contributed by atoms with Gasteiger partial charge in [-0.1, -0.05) is 12.1 Å². The van der Waals surface area contributed by atoms with E-state index in [0.717, 1.165) is 37.2 Å². The van der Waals surface area contributed by atoms with Gasteiger partial charge in [-0.15, -0.1) is 0 Å². The van der Waals surface area contributed by atoms with Crippen molar-refractivity contribution in [2.75, 3.05) is 26.7 Å². The van der Waals surface area contributed by atoms with Gasteiger partial charge in [-0.25, -0.2) is 4.39 Å². The quantitative estimate of drug-likeness (QED) is 0.844. The lowest BCUT2D eigenvalue weighted by molar-refractivity contribution is -0.0588. The smallest absolute Gasteiger partial charge is 0.126 e. The molecule has 6 heteroatoms. The van der Waals surface area contributed by atoms with Crippen LogP contribution in [0.3, 0.4) is 0 Å². The first-order chi connectivity index (χ1) is 13.5. The van der Waals surface area contributed by atoms with E-state index in [2.05, 4.69) is 4.90 Å². The zero-order chi connectivity index (χ0) is 19.7. The molecule has 28 heavy (non-hydrogen) atoms. The molecule has 0 radical (unpaired) electrons. The number of aliphatic hydroxyl groups is 2. The van der Waals surface area contributed by atoms with Gasteiger partial charge in [0.25, 0.3) is 0 Å². The van der Waals surface area contributed by atoms with Crippen LogP contribution in [0.4, 0.5) is 4.39 Å². The van der Waals surface area contributed by atoms with Gasteiger partial charge >= 0.3 is 0 Å². The highest BCUT2D eigenvalue weighted by Crippen LogP contribution is 2.45. The van der Waals surface area contributed by atoms with Gasteiger partial charge in [0.1, 0.15) is 22.9 Å². The summed E-state index contributed by atoms with van der Waals surface area (Å²) in [7, 11) is 1.61. The van der Waals surface area contributed by atoms with Crippen molar-refractivity contribution in [1.29, 1.82) is 0 Å². The number of methoxy groups -OCH3 is 1. The maximum atomic E-state index is 13.1. The highest BCUT2D eigenvalue weighted by molar-refractivity contribution is 5.43. The summed E-state index contributed by atoms with van der Waals surface area (Å²) in [4.78, 5) is 2.19. The first-order valence-corrected chi connectivity index (χ1v) is 9.69. The summed E-state index contributed by atoms with van der Waals surface area (Å²) >= 11 is 0. The molecule has 0 aromatic heterocycles. The number of halogens is 1. The normalized spacial score (nSPS) is 22.4. The Morgan fingerprint density at radius 2 is 1.93 bits per heavy atom. The number of aliphatic hydroxyl groups excluding tert-OH is 2. The lowest BCUT2D eigenvalue weighted by atomic mass is 9.81. The topological polar surface area (TPSA) is 62.2 Å². The fraction of sp³-hybridized carbons (Fsp3) is 0.455. The minimum Gasteiger partial charge on any atom is -0.497 e. The Morgan fingerprint density at radius 1 is 1.21 bits per heavy atom. The van der Waals surface area contributed by atoms with Crippen LogP contribution in [-0.2, 0) is 0 Å². The molecule has 2 atom stereocenters. The van der Waals surface area contributed by atoms with Crippen LogP contribution in [0.5, 0.6) is 11.5 Å². The van der Waals surface area contributed by atoms with E-state index < -0.39 is 12.2 Å². The fourth-order valence-corrected chi connectivity index (χ4v) is 4.23. The molecular weight excluding hydrogens is 361 g/mol. The van der Waals surface area contributed by atoms with Gasteiger partial charge in [0.2, 0.25) is 0 Å². The summed E-state index contributed by atoms with van der Waals surface area (Å²) in [5.41, 5.74) is 1.12. The molecule has 0 amide bonds. The van der Waals surface area contributed by atoms with Crippen molar-refractivity contribution in [3.8, 4) is 11.5 Å². The number of ether oxygens (including phenoxy) is 2. The molecule has 4 rings (SSSR count). The second-order valence-corrected chi connectivity index (χ2v) is 7.78. The van der Waals surface area contributed by atoms with E-state index in [9.17, 15) is 14.6 Å². The number of hydrogen-bond donors (Lipinski definition) is 2. The Bertz CT molecular complexity index is 818. The van der Waals surface area contributed by atoms with E-state index >= 15 is 0 Å². The van der Waals surface area contributed by atoms with Crippen LogP contribution >= 0.6 is 0 Å². The van der Waals surface area contributed by atoms with Gasteiger partial charge in [0.15, 0.2) is 0 Å². The Kier molecular flexibility index (Phi) is 5.27. The van der Waals surface area contributed by atoms with Gasteiger partial charge in [-0.2, -0.15) is 0 Å². The molecule has 2 aliphatic rings. The van der Waals surface area contributed by atoms with E-state index in [-0.39, 0.29) is 11.4 Å². The van der Waals surface area contributed by atoms with Crippen molar-refractivity contribution in [2.45, 2.75) is 37.1 Å². The van der Waals surface area contributed by atoms with Gasteiger partial charge in [0, 0.05) is 31.6 Å². The molecule has 2 heterocycles. The van der Waals surface area contributed by atoms with Crippen LogP contribution in [0.15, 0.2) is 42.5 Å². The second-order valence-electron chi connectivity index (χ2n) is 7.78. The third-order valence-electron chi connectivity index (χ3n) is 5.92. The minimum absolute atomic E-state index is 0.304. The molecule has 1 saturated heterocycles. The Labute approximate surface area is 164 Å². The van der Waals surface area contributed by atoms with Crippen molar-refractivity contribution in [1.82, 2.24) is 4.90 Å². The van der Waals surface area contributed by atoms with Crippen molar-refractivity contribution >= 4 is 0 Å². The molecule has 150 valence electrons. The van der Waals surface area contributed by atoms with Crippen molar-refractivity contribution in [3.63, 3.8) is 0 Å². The molecule has 0 saturated carbocycles. The Balaban J connectivity index is 1.39. The number of benzene rings is 2. The summed E-state index contributed by atoms with van der Waals surface area (Å²) in [6.45, 7) is 2.05. The average Bonchev–Trinajstić information content (AvgIpc) is 2.70. The SMILES string of the molecule is COc1ccc2c(c1)[C@@H](O)CC1(CCN(C[C@H](O)c3ccc(F)cc3)CC1)O2. The van der Waals surface area contributed by atoms with Crippen LogP contribution in [0, 0.1) is 5.82 Å². The third-order valence-corrected chi connectivity index (χ3v) is 5.92. The van der Waals surface area contributed by atoms with Crippen molar-refractivity contribution in [2.24, 2.45) is 0 Å². The summed E-state index contributed by atoms with van der Waals surface area (Å²) < 4.78 is 24.6. The molecule has 1 spiro atoms. The summed E-state index contributed by atoms with van der Waals surface area (Å²) in [5, 5.41) is 21.1. The zero-order valence-electron chi connectivity index (χ0n) is 16.0. The van der Waals surface area contributed by atoms with E-state index in [1.807, 2.05) is 18.2 Å². The molecule has 2 aromatic carbocycles. The maximum Gasteiger partial charge on any atom is 0.126 e. The monoisotopic (exact) mass is 387 g/mol. The molecule has 1 fully saturated rings. The highest BCUT2D eigenvalue weighted by atomic mass is 19.1. The number of β-amino-alcohol motifs (C(OH)–C–C–N with tert-alkyl or cyclic N) is 1. The predicted octanol–water partition coefficient (Wildman–Crippen LogP) is 3.22. The van der Waals surface area contributed by atoms with E-state index in [1.54, 1.807) is 19.2 Å². The molecule has 0 unspecified atom stereocenters. The van der Waals surface area contributed by atoms with Gasteiger partial charge < -0.3 is 24.6 Å². The summed E-state index contributed by atoms with van der Waals surface area (Å²) in [6.07, 6.45) is 0.898. The molecule has 2 aromatic rings. The molecule has 2 N–H and O–H groups in total. The predicted molar refractivity (Wildman–Crippen MR) is 103 cm³/mol. The largest absolute Gasteiger partial charge is 0.497 e. The number of nitrogens with zero attached hydrogens (tertiary/aromatic N) is 1. The standard InChI is InChI=1S/C22H26FNO4/c1-27-17-6-7-21-18(12-17)19(25)13-22(28-21)8-10-24(11-9-22)14-20(26)15-2-4-16(23)5-3-15/h2-7,12,19-20,25-26H,8-11,13-14H2,1H3/t19-,20-/m0/s1. The Hall–Kier alpha value is -2.15. The van der Waals surface area contributed by atoms with Gasteiger partial charge in [-0.05, 0) is 48.7 Å². The van der Waals surface area contributed by atoms with E-state index in [0.29, 0.717) is 24.3 Å². The maximum absolute atomic E-state index is 13.1.